The second-order valence-corrected chi connectivity index (χ2v) is 4.95. The lowest BCUT2D eigenvalue weighted by atomic mass is 10.2. The molecule has 0 radical (unpaired) electrons. The summed E-state index contributed by atoms with van der Waals surface area (Å²) in [6, 6.07) is 6.48. The van der Waals surface area contributed by atoms with E-state index in [4.69, 9.17) is 9.15 Å². The maximum Gasteiger partial charge on any atom is 0.291 e. The summed E-state index contributed by atoms with van der Waals surface area (Å²) in [6.07, 6.45) is 1.12. The molecule has 104 valence electrons. The molecule has 1 aromatic heterocycles. The standard InChI is InChI=1S/C14H12BrNO4/c1-8-5-9(3-4-10(8)15)16-14(18)12-6-11(17)13(19-2)7-20-12/h3-7H,1-2H3,(H,16,18). The molecule has 0 saturated heterocycles. The van der Waals surface area contributed by atoms with E-state index in [1.807, 2.05) is 19.1 Å². The molecular weight excluding hydrogens is 326 g/mol. The van der Waals surface area contributed by atoms with Crippen molar-refractivity contribution in [1.29, 1.82) is 0 Å². The van der Waals surface area contributed by atoms with Crippen LogP contribution in [0.25, 0.3) is 0 Å². The number of hydrogen-bond acceptors (Lipinski definition) is 4. The number of carbonyl (C=O) groups is 1. The largest absolute Gasteiger partial charge is 0.490 e. The van der Waals surface area contributed by atoms with Crippen LogP contribution in [-0.4, -0.2) is 13.0 Å². The highest BCUT2D eigenvalue weighted by Crippen LogP contribution is 2.20. The van der Waals surface area contributed by atoms with Gasteiger partial charge in [0.05, 0.1) is 7.11 Å². The van der Waals surface area contributed by atoms with Crippen LogP contribution in [0.5, 0.6) is 5.75 Å². The van der Waals surface area contributed by atoms with Crippen molar-refractivity contribution in [1.82, 2.24) is 0 Å². The van der Waals surface area contributed by atoms with E-state index in [1.54, 1.807) is 6.07 Å². The van der Waals surface area contributed by atoms with Crippen molar-refractivity contribution < 1.29 is 13.9 Å². The third kappa shape index (κ3) is 3.08. The van der Waals surface area contributed by atoms with Crippen molar-refractivity contribution >= 4 is 27.5 Å². The quantitative estimate of drug-likeness (QED) is 0.934. The van der Waals surface area contributed by atoms with Crippen LogP contribution < -0.4 is 15.5 Å². The third-order valence-corrected chi connectivity index (χ3v) is 3.55. The maximum absolute atomic E-state index is 12.0. The van der Waals surface area contributed by atoms with Crippen molar-refractivity contribution in [2.24, 2.45) is 0 Å². The lowest BCUT2D eigenvalue weighted by Gasteiger charge is -2.06. The van der Waals surface area contributed by atoms with Gasteiger partial charge in [0.25, 0.3) is 5.91 Å². The van der Waals surface area contributed by atoms with Gasteiger partial charge >= 0.3 is 0 Å². The average Bonchev–Trinajstić information content (AvgIpc) is 2.42. The Morgan fingerprint density at radius 2 is 2.10 bits per heavy atom. The average molecular weight is 338 g/mol. The fourth-order valence-electron chi connectivity index (χ4n) is 1.58. The van der Waals surface area contributed by atoms with Crippen molar-refractivity contribution in [3.63, 3.8) is 0 Å². The molecule has 20 heavy (non-hydrogen) atoms. The molecule has 1 aromatic carbocycles. The molecule has 1 amide bonds. The van der Waals surface area contributed by atoms with Gasteiger partial charge in [-0.3, -0.25) is 9.59 Å². The van der Waals surface area contributed by atoms with Gasteiger partial charge in [0.2, 0.25) is 11.2 Å². The zero-order valence-electron chi connectivity index (χ0n) is 10.9. The van der Waals surface area contributed by atoms with Gasteiger partial charge < -0.3 is 14.5 Å². The Bertz CT molecular complexity index is 709. The Hall–Kier alpha value is -2.08. The Labute approximate surface area is 123 Å². The van der Waals surface area contributed by atoms with Crippen LogP contribution in [0, 0.1) is 6.92 Å². The topological polar surface area (TPSA) is 68.5 Å². The lowest BCUT2D eigenvalue weighted by molar-refractivity contribution is 0.0993. The number of halogens is 1. The highest BCUT2D eigenvalue weighted by atomic mass is 79.9. The predicted molar refractivity (Wildman–Crippen MR) is 78.4 cm³/mol. The normalized spacial score (nSPS) is 10.2. The molecule has 6 heteroatoms. The summed E-state index contributed by atoms with van der Waals surface area (Å²) in [6.45, 7) is 1.91. The highest BCUT2D eigenvalue weighted by molar-refractivity contribution is 9.10. The number of hydrogen-bond donors (Lipinski definition) is 1. The number of anilines is 1. The zero-order chi connectivity index (χ0) is 14.7. The molecule has 0 aliphatic carbocycles. The Kier molecular flexibility index (Phi) is 4.24. The smallest absolute Gasteiger partial charge is 0.291 e. The minimum absolute atomic E-state index is 0.0565. The van der Waals surface area contributed by atoms with Gasteiger partial charge in [-0.25, -0.2) is 0 Å². The number of rotatable bonds is 3. The van der Waals surface area contributed by atoms with E-state index in [0.29, 0.717) is 5.69 Å². The molecule has 2 rings (SSSR count). The first-order valence-corrected chi connectivity index (χ1v) is 6.55. The van der Waals surface area contributed by atoms with Gasteiger partial charge in [-0.05, 0) is 30.7 Å². The maximum atomic E-state index is 12.0. The van der Waals surface area contributed by atoms with Crippen molar-refractivity contribution in [2.45, 2.75) is 6.92 Å². The minimum Gasteiger partial charge on any atom is -0.490 e. The van der Waals surface area contributed by atoms with E-state index in [2.05, 4.69) is 21.2 Å². The molecule has 0 spiro atoms. The summed E-state index contributed by atoms with van der Waals surface area (Å²) in [5.74, 6) is -0.510. The summed E-state index contributed by atoms with van der Waals surface area (Å²) in [4.78, 5) is 23.5. The van der Waals surface area contributed by atoms with Gasteiger partial charge in [-0.15, -0.1) is 0 Å². The van der Waals surface area contributed by atoms with E-state index in [9.17, 15) is 9.59 Å². The summed E-state index contributed by atoms with van der Waals surface area (Å²) >= 11 is 3.38. The molecule has 0 aliphatic heterocycles. The van der Waals surface area contributed by atoms with Crippen LogP contribution in [0.15, 0.2) is 44.2 Å². The minimum atomic E-state index is -0.494. The molecule has 1 heterocycles. The molecule has 0 atom stereocenters. The fraction of sp³-hybridized carbons (Fsp3) is 0.143. The van der Waals surface area contributed by atoms with Crippen LogP contribution in [0.4, 0.5) is 5.69 Å². The Morgan fingerprint density at radius 3 is 2.70 bits per heavy atom. The number of ether oxygens (including phenoxy) is 1. The Morgan fingerprint density at radius 1 is 1.35 bits per heavy atom. The number of aryl methyl sites for hydroxylation is 1. The molecule has 0 aliphatic rings. The fourth-order valence-corrected chi connectivity index (χ4v) is 1.83. The zero-order valence-corrected chi connectivity index (χ0v) is 12.5. The molecular formula is C14H12BrNO4. The lowest BCUT2D eigenvalue weighted by Crippen LogP contribution is -2.15. The molecule has 0 fully saturated rings. The number of nitrogens with one attached hydrogen (secondary N) is 1. The van der Waals surface area contributed by atoms with Crippen LogP contribution in [0.3, 0.4) is 0 Å². The summed E-state index contributed by atoms with van der Waals surface area (Å²) in [7, 11) is 1.36. The SMILES string of the molecule is COc1coc(C(=O)Nc2ccc(Br)c(C)c2)cc1=O. The van der Waals surface area contributed by atoms with Gasteiger partial charge in [0.1, 0.15) is 6.26 Å². The Balaban J connectivity index is 2.21. The predicted octanol–water partition coefficient (Wildman–Crippen LogP) is 2.97. The molecule has 2 aromatic rings. The van der Waals surface area contributed by atoms with E-state index >= 15 is 0 Å². The summed E-state index contributed by atoms with van der Waals surface area (Å²) < 4.78 is 10.8. The summed E-state index contributed by atoms with van der Waals surface area (Å²) in [5, 5.41) is 2.66. The molecule has 1 N–H and O–H groups in total. The molecule has 0 unspecified atom stereocenters. The van der Waals surface area contributed by atoms with Gasteiger partial charge in [0, 0.05) is 16.2 Å². The van der Waals surface area contributed by atoms with E-state index in [-0.39, 0.29) is 11.5 Å². The van der Waals surface area contributed by atoms with Crippen LogP contribution in [0.1, 0.15) is 16.1 Å². The van der Waals surface area contributed by atoms with Gasteiger partial charge in [0.15, 0.2) is 5.76 Å². The van der Waals surface area contributed by atoms with E-state index in [1.165, 1.54) is 7.11 Å². The van der Waals surface area contributed by atoms with Crippen LogP contribution in [0.2, 0.25) is 0 Å². The first kappa shape index (κ1) is 14.3. The highest BCUT2D eigenvalue weighted by Gasteiger charge is 2.12. The van der Waals surface area contributed by atoms with Gasteiger partial charge in [-0.2, -0.15) is 0 Å². The van der Waals surface area contributed by atoms with E-state index in [0.717, 1.165) is 22.4 Å². The monoisotopic (exact) mass is 337 g/mol. The molecule has 0 saturated carbocycles. The van der Waals surface area contributed by atoms with Gasteiger partial charge in [-0.1, -0.05) is 15.9 Å². The first-order chi connectivity index (χ1) is 9.51. The second kappa shape index (κ2) is 5.92. The van der Waals surface area contributed by atoms with Crippen molar-refractivity contribution in [3.8, 4) is 5.75 Å². The molecule has 5 nitrogen and oxygen atoms in total. The first-order valence-electron chi connectivity index (χ1n) is 5.75. The van der Waals surface area contributed by atoms with Crippen molar-refractivity contribution in [3.05, 3.63) is 56.5 Å². The summed E-state index contributed by atoms with van der Waals surface area (Å²) in [5.41, 5.74) is 1.20. The second-order valence-electron chi connectivity index (χ2n) is 4.10. The third-order valence-electron chi connectivity index (χ3n) is 2.66. The number of methoxy groups -OCH3 is 1. The molecule has 0 bridgehead atoms. The number of benzene rings is 1. The van der Waals surface area contributed by atoms with E-state index < -0.39 is 11.3 Å². The van der Waals surface area contributed by atoms with Crippen LogP contribution >= 0.6 is 15.9 Å². The number of amides is 1. The number of carbonyl (C=O) groups excluding carboxylic acids is 1. The van der Waals surface area contributed by atoms with Crippen LogP contribution in [-0.2, 0) is 0 Å². The van der Waals surface area contributed by atoms with Crippen molar-refractivity contribution in [2.75, 3.05) is 12.4 Å².